The monoisotopic (exact) mass is 390 g/mol. The van der Waals surface area contributed by atoms with Crippen molar-refractivity contribution in [1.82, 2.24) is 0 Å². The maximum absolute atomic E-state index is 13.0. The Morgan fingerprint density at radius 1 is 0.964 bits per heavy atom. The van der Waals surface area contributed by atoms with Gasteiger partial charge in [0.05, 0.1) is 11.0 Å². The summed E-state index contributed by atoms with van der Waals surface area (Å²) in [6.45, 7) is 21.1. The average molecular weight is 391 g/mol. The Hall–Kier alpha value is -1.35. The second-order valence-electron chi connectivity index (χ2n) is 11.5. The molecule has 0 amide bonds. The number of rotatable bonds is 7. The van der Waals surface area contributed by atoms with Crippen LogP contribution in [0.2, 0.25) is 0 Å². The normalized spacial score (nSPS) is 17.1. The van der Waals surface area contributed by atoms with E-state index in [1.807, 2.05) is 38.1 Å². The number of ether oxygens (including phenoxy) is 1. The first-order valence-corrected chi connectivity index (χ1v) is 10.5. The molecule has 1 N–H and O–H groups in total. The molecule has 1 rings (SSSR count). The fraction of sp³-hybridized carbons (Fsp3) is 0.720. The third kappa shape index (κ3) is 6.62. The zero-order chi connectivity index (χ0) is 22.0. The standard InChI is InChI=1S/C25H42O3/c1-18(2)15-25(10,27)20-13-11-19(12-14-20)16-28-21(26)24(9,23(6,7)8)17-22(3,4)5/h11-14,18,27H,15-17H2,1-10H3. The molecule has 0 bridgehead atoms. The summed E-state index contributed by atoms with van der Waals surface area (Å²) in [6, 6.07) is 7.75. The zero-order valence-corrected chi connectivity index (χ0v) is 19.8. The van der Waals surface area contributed by atoms with E-state index in [0.717, 1.165) is 17.5 Å². The molecular weight excluding hydrogens is 348 g/mol. The van der Waals surface area contributed by atoms with Gasteiger partial charge in [0.2, 0.25) is 0 Å². The van der Waals surface area contributed by atoms with Crippen LogP contribution >= 0.6 is 0 Å². The predicted molar refractivity (Wildman–Crippen MR) is 117 cm³/mol. The van der Waals surface area contributed by atoms with E-state index < -0.39 is 11.0 Å². The highest BCUT2D eigenvalue weighted by Gasteiger charge is 2.47. The van der Waals surface area contributed by atoms with Gasteiger partial charge >= 0.3 is 5.97 Å². The number of benzene rings is 1. The zero-order valence-electron chi connectivity index (χ0n) is 19.8. The van der Waals surface area contributed by atoms with Crippen molar-refractivity contribution < 1.29 is 14.6 Å². The van der Waals surface area contributed by atoms with Gasteiger partial charge in [-0.2, -0.15) is 0 Å². The smallest absolute Gasteiger partial charge is 0.312 e. The van der Waals surface area contributed by atoms with E-state index in [-0.39, 0.29) is 23.4 Å². The van der Waals surface area contributed by atoms with E-state index in [0.29, 0.717) is 12.3 Å². The van der Waals surface area contributed by atoms with Crippen LogP contribution in [0.25, 0.3) is 0 Å². The van der Waals surface area contributed by atoms with E-state index in [4.69, 9.17) is 4.74 Å². The molecule has 0 aliphatic rings. The van der Waals surface area contributed by atoms with Gasteiger partial charge in [-0.15, -0.1) is 0 Å². The lowest BCUT2D eigenvalue weighted by Gasteiger charge is -2.43. The highest BCUT2D eigenvalue weighted by molar-refractivity contribution is 5.77. The first-order valence-electron chi connectivity index (χ1n) is 10.5. The van der Waals surface area contributed by atoms with Crippen LogP contribution in [-0.4, -0.2) is 11.1 Å². The maximum atomic E-state index is 13.0. The summed E-state index contributed by atoms with van der Waals surface area (Å²) in [4.78, 5) is 13.0. The van der Waals surface area contributed by atoms with E-state index in [2.05, 4.69) is 55.4 Å². The molecule has 0 aliphatic heterocycles. The van der Waals surface area contributed by atoms with Crippen LogP contribution in [-0.2, 0) is 21.7 Å². The molecule has 0 heterocycles. The SMILES string of the molecule is CC(C)CC(C)(O)c1ccc(COC(=O)C(C)(CC(C)(C)C)C(C)(C)C)cc1. The van der Waals surface area contributed by atoms with Gasteiger partial charge < -0.3 is 9.84 Å². The molecular formula is C25H42O3. The first kappa shape index (κ1) is 24.7. The van der Waals surface area contributed by atoms with Crippen LogP contribution in [0.4, 0.5) is 0 Å². The first-order chi connectivity index (χ1) is 12.5. The lowest BCUT2D eigenvalue weighted by atomic mass is 9.61. The molecule has 0 aromatic heterocycles. The molecule has 0 radical (unpaired) electrons. The summed E-state index contributed by atoms with van der Waals surface area (Å²) in [5.41, 5.74) is 0.252. The Balaban J connectivity index is 2.88. The van der Waals surface area contributed by atoms with Crippen LogP contribution in [0.3, 0.4) is 0 Å². The fourth-order valence-electron chi connectivity index (χ4n) is 3.89. The third-order valence-electron chi connectivity index (χ3n) is 5.74. The molecule has 0 saturated heterocycles. The summed E-state index contributed by atoms with van der Waals surface area (Å²) in [5.74, 6) is 0.263. The average Bonchev–Trinajstić information content (AvgIpc) is 2.49. The number of hydrogen-bond acceptors (Lipinski definition) is 3. The molecule has 2 unspecified atom stereocenters. The molecule has 2 atom stereocenters. The molecule has 0 saturated carbocycles. The maximum Gasteiger partial charge on any atom is 0.312 e. The summed E-state index contributed by atoms with van der Waals surface area (Å²) in [5, 5.41) is 10.7. The molecule has 0 aliphatic carbocycles. The van der Waals surface area contributed by atoms with Crippen molar-refractivity contribution in [1.29, 1.82) is 0 Å². The van der Waals surface area contributed by atoms with Gasteiger partial charge in [-0.1, -0.05) is 79.7 Å². The molecule has 28 heavy (non-hydrogen) atoms. The molecule has 0 fully saturated rings. The van der Waals surface area contributed by atoms with E-state index in [1.165, 1.54) is 0 Å². The van der Waals surface area contributed by atoms with Gasteiger partial charge in [-0.3, -0.25) is 4.79 Å². The minimum atomic E-state index is -0.846. The highest BCUT2D eigenvalue weighted by atomic mass is 16.5. The Bertz CT molecular complexity index is 642. The van der Waals surface area contributed by atoms with Gasteiger partial charge in [0, 0.05) is 0 Å². The van der Waals surface area contributed by atoms with Crippen molar-refractivity contribution in [3.8, 4) is 0 Å². The van der Waals surface area contributed by atoms with Gasteiger partial charge in [0.25, 0.3) is 0 Å². The van der Waals surface area contributed by atoms with Crippen molar-refractivity contribution in [3.05, 3.63) is 35.4 Å². The van der Waals surface area contributed by atoms with Crippen molar-refractivity contribution in [2.45, 2.75) is 94.3 Å². The Kier molecular flexibility index (Phi) is 7.55. The fourth-order valence-corrected chi connectivity index (χ4v) is 3.89. The quantitative estimate of drug-likeness (QED) is 0.543. The minimum Gasteiger partial charge on any atom is -0.460 e. The number of carbonyl (C=O) groups excluding carboxylic acids is 1. The van der Waals surface area contributed by atoms with Crippen LogP contribution in [0.1, 0.15) is 93.2 Å². The highest BCUT2D eigenvalue weighted by Crippen LogP contribution is 2.47. The van der Waals surface area contributed by atoms with Gasteiger partial charge in [0.15, 0.2) is 0 Å². The second kappa shape index (κ2) is 8.57. The van der Waals surface area contributed by atoms with Crippen LogP contribution in [0.5, 0.6) is 0 Å². The molecule has 1 aromatic rings. The number of aliphatic hydroxyl groups is 1. The lowest BCUT2D eigenvalue weighted by Crippen LogP contribution is -2.44. The Morgan fingerprint density at radius 3 is 1.86 bits per heavy atom. The second-order valence-corrected chi connectivity index (χ2v) is 11.5. The molecule has 1 aromatic carbocycles. The molecule has 3 nitrogen and oxygen atoms in total. The van der Waals surface area contributed by atoms with Crippen molar-refractivity contribution in [2.75, 3.05) is 0 Å². The Morgan fingerprint density at radius 2 is 1.46 bits per heavy atom. The summed E-state index contributed by atoms with van der Waals surface area (Å²) in [7, 11) is 0. The van der Waals surface area contributed by atoms with Crippen LogP contribution in [0, 0.1) is 22.2 Å². The number of hydrogen-bond donors (Lipinski definition) is 1. The van der Waals surface area contributed by atoms with Crippen molar-refractivity contribution in [2.24, 2.45) is 22.2 Å². The molecule has 0 spiro atoms. The summed E-state index contributed by atoms with van der Waals surface area (Å²) < 4.78 is 5.75. The number of carbonyl (C=O) groups is 1. The van der Waals surface area contributed by atoms with Crippen LogP contribution < -0.4 is 0 Å². The lowest BCUT2D eigenvalue weighted by molar-refractivity contribution is -0.166. The van der Waals surface area contributed by atoms with Gasteiger partial charge in [0.1, 0.15) is 6.61 Å². The van der Waals surface area contributed by atoms with Crippen molar-refractivity contribution >= 4 is 5.97 Å². The van der Waals surface area contributed by atoms with Gasteiger partial charge in [-0.25, -0.2) is 0 Å². The summed E-state index contributed by atoms with van der Waals surface area (Å²) in [6.07, 6.45) is 1.47. The van der Waals surface area contributed by atoms with Crippen LogP contribution in [0.15, 0.2) is 24.3 Å². The van der Waals surface area contributed by atoms with E-state index >= 15 is 0 Å². The van der Waals surface area contributed by atoms with E-state index in [1.54, 1.807) is 0 Å². The predicted octanol–water partition coefficient (Wildman–Crippen LogP) is 6.47. The molecule has 3 heteroatoms. The summed E-state index contributed by atoms with van der Waals surface area (Å²) >= 11 is 0. The van der Waals surface area contributed by atoms with E-state index in [9.17, 15) is 9.90 Å². The largest absolute Gasteiger partial charge is 0.460 e. The number of esters is 1. The minimum absolute atomic E-state index is 0.0324. The Labute approximate surface area is 172 Å². The third-order valence-corrected chi connectivity index (χ3v) is 5.74. The molecule has 160 valence electrons. The van der Waals surface area contributed by atoms with Gasteiger partial charge in [-0.05, 0) is 54.6 Å². The topological polar surface area (TPSA) is 46.5 Å². The van der Waals surface area contributed by atoms with Crippen molar-refractivity contribution in [3.63, 3.8) is 0 Å².